The van der Waals surface area contributed by atoms with Gasteiger partial charge in [0, 0.05) is 23.4 Å². The van der Waals surface area contributed by atoms with Gasteiger partial charge in [-0.1, -0.05) is 30.3 Å². The van der Waals surface area contributed by atoms with Crippen molar-refractivity contribution in [2.45, 2.75) is 0 Å². The van der Waals surface area contributed by atoms with Crippen molar-refractivity contribution in [2.24, 2.45) is 0 Å². The number of hydrogen-bond donors (Lipinski definition) is 1. The fraction of sp³-hybridized carbons (Fsp3) is 0.167. The van der Waals surface area contributed by atoms with Crippen molar-refractivity contribution < 1.29 is 18.6 Å². The van der Waals surface area contributed by atoms with Crippen LogP contribution in [0.4, 0.5) is 11.7 Å². The first-order chi connectivity index (χ1) is 11.7. The van der Waals surface area contributed by atoms with E-state index in [1.807, 2.05) is 30.3 Å². The standard InChI is InChI=1S/C18H18N2O4.ClH/c1-21-14-9-13(10-15(22-2)17(14)23-3)20-18-19-11-16(24-18)12-7-5-4-6-8-12;/h4-11H,1-3H3,(H,19,20);1H. The second-order valence-electron chi connectivity index (χ2n) is 4.93. The lowest BCUT2D eigenvalue weighted by atomic mass is 10.2. The zero-order valence-electron chi connectivity index (χ0n) is 14.1. The van der Waals surface area contributed by atoms with Crippen molar-refractivity contribution in [1.82, 2.24) is 4.98 Å². The third kappa shape index (κ3) is 3.97. The zero-order valence-corrected chi connectivity index (χ0v) is 14.9. The van der Waals surface area contributed by atoms with Crippen LogP contribution in [0.3, 0.4) is 0 Å². The predicted molar refractivity (Wildman–Crippen MR) is 98.6 cm³/mol. The van der Waals surface area contributed by atoms with Crippen LogP contribution in [0.25, 0.3) is 11.3 Å². The van der Waals surface area contributed by atoms with Gasteiger partial charge in [-0.2, -0.15) is 0 Å². The Bertz CT molecular complexity index is 796. The Morgan fingerprint density at radius 1 is 0.920 bits per heavy atom. The molecule has 0 aliphatic heterocycles. The molecule has 0 spiro atoms. The second kappa shape index (κ2) is 8.30. The number of halogens is 1. The number of hydrogen-bond acceptors (Lipinski definition) is 6. The van der Waals surface area contributed by atoms with Crippen molar-refractivity contribution in [3.8, 4) is 28.6 Å². The van der Waals surface area contributed by atoms with E-state index in [0.29, 0.717) is 34.7 Å². The minimum absolute atomic E-state index is 0. The van der Waals surface area contributed by atoms with Crippen LogP contribution >= 0.6 is 12.4 Å². The fourth-order valence-electron chi connectivity index (χ4n) is 2.34. The predicted octanol–water partition coefficient (Wildman–Crippen LogP) is 4.53. The summed E-state index contributed by atoms with van der Waals surface area (Å²) in [5.41, 5.74) is 1.67. The summed E-state index contributed by atoms with van der Waals surface area (Å²) in [6.07, 6.45) is 1.68. The highest BCUT2D eigenvalue weighted by molar-refractivity contribution is 5.85. The Labute approximate surface area is 152 Å². The largest absolute Gasteiger partial charge is 0.493 e. The summed E-state index contributed by atoms with van der Waals surface area (Å²) >= 11 is 0. The van der Waals surface area contributed by atoms with Crippen molar-refractivity contribution in [3.63, 3.8) is 0 Å². The first kappa shape index (κ1) is 18.5. The number of aromatic nitrogens is 1. The molecule has 0 radical (unpaired) electrons. The van der Waals surface area contributed by atoms with Crippen LogP contribution < -0.4 is 19.5 Å². The lowest BCUT2D eigenvalue weighted by Crippen LogP contribution is -1.97. The normalized spacial score (nSPS) is 9.88. The number of oxazole rings is 1. The van der Waals surface area contributed by atoms with Gasteiger partial charge in [-0.15, -0.1) is 12.4 Å². The maximum Gasteiger partial charge on any atom is 0.299 e. The van der Waals surface area contributed by atoms with Crippen molar-refractivity contribution in [2.75, 3.05) is 26.6 Å². The smallest absolute Gasteiger partial charge is 0.299 e. The maximum atomic E-state index is 5.74. The van der Waals surface area contributed by atoms with E-state index in [9.17, 15) is 0 Å². The minimum Gasteiger partial charge on any atom is -0.493 e. The number of benzene rings is 2. The molecule has 1 heterocycles. The molecule has 0 bridgehead atoms. The molecule has 1 N–H and O–H groups in total. The van der Waals surface area contributed by atoms with Crippen LogP contribution in [0.1, 0.15) is 0 Å². The van der Waals surface area contributed by atoms with Gasteiger partial charge in [0.1, 0.15) is 0 Å². The highest BCUT2D eigenvalue weighted by atomic mass is 35.5. The molecule has 6 nitrogen and oxygen atoms in total. The molecule has 2 aromatic carbocycles. The van der Waals surface area contributed by atoms with Crippen molar-refractivity contribution >= 4 is 24.1 Å². The van der Waals surface area contributed by atoms with E-state index in [1.54, 1.807) is 39.7 Å². The van der Waals surface area contributed by atoms with Gasteiger partial charge in [-0.05, 0) is 0 Å². The van der Waals surface area contributed by atoms with Gasteiger partial charge < -0.3 is 23.9 Å². The van der Waals surface area contributed by atoms with Gasteiger partial charge in [0.05, 0.1) is 27.5 Å². The van der Waals surface area contributed by atoms with Crippen LogP contribution in [0.2, 0.25) is 0 Å². The summed E-state index contributed by atoms with van der Waals surface area (Å²) < 4.78 is 21.7. The lowest BCUT2D eigenvalue weighted by molar-refractivity contribution is 0.324. The van der Waals surface area contributed by atoms with Gasteiger partial charge in [-0.25, -0.2) is 4.98 Å². The van der Waals surface area contributed by atoms with Crippen molar-refractivity contribution in [3.05, 3.63) is 48.7 Å². The topological polar surface area (TPSA) is 65.8 Å². The van der Waals surface area contributed by atoms with Crippen LogP contribution in [-0.2, 0) is 0 Å². The molecule has 0 saturated carbocycles. The zero-order chi connectivity index (χ0) is 16.9. The van der Waals surface area contributed by atoms with Gasteiger partial charge in [0.15, 0.2) is 17.3 Å². The summed E-state index contributed by atoms with van der Waals surface area (Å²) in [5.74, 6) is 2.32. The number of anilines is 2. The SMILES string of the molecule is COc1cc(Nc2ncc(-c3ccccc3)o2)cc(OC)c1OC.Cl. The molecule has 0 atom stereocenters. The summed E-state index contributed by atoms with van der Waals surface area (Å²) in [6, 6.07) is 13.7. The third-order valence-corrected chi connectivity index (χ3v) is 3.48. The Balaban J connectivity index is 0.00000225. The third-order valence-electron chi connectivity index (χ3n) is 3.48. The molecule has 0 aliphatic rings. The highest BCUT2D eigenvalue weighted by Crippen LogP contribution is 2.40. The first-order valence-electron chi connectivity index (χ1n) is 7.33. The van der Waals surface area contributed by atoms with Crippen LogP contribution in [0.5, 0.6) is 17.2 Å². The van der Waals surface area contributed by atoms with E-state index >= 15 is 0 Å². The Kier molecular flexibility index (Phi) is 6.14. The van der Waals surface area contributed by atoms with E-state index in [-0.39, 0.29) is 12.4 Å². The average Bonchev–Trinajstić information content (AvgIpc) is 3.10. The number of ether oxygens (including phenoxy) is 3. The molecular weight excluding hydrogens is 344 g/mol. The molecule has 3 rings (SSSR count). The quantitative estimate of drug-likeness (QED) is 0.694. The average molecular weight is 363 g/mol. The van der Waals surface area contributed by atoms with E-state index < -0.39 is 0 Å². The molecule has 0 amide bonds. The summed E-state index contributed by atoms with van der Waals surface area (Å²) in [5, 5.41) is 3.10. The monoisotopic (exact) mass is 362 g/mol. The second-order valence-corrected chi connectivity index (χ2v) is 4.93. The molecule has 132 valence electrons. The molecule has 7 heteroatoms. The molecular formula is C18H19ClN2O4. The molecule has 0 saturated heterocycles. The first-order valence-corrected chi connectivity index (χ1v) is 7.33. The molecule has 1 aromatic heterocycles. The highest BCUT2D eigenvalue weighted by Gasteiger charge is 2.14. The Hall–Kier alpha value is -2.86. The van der Waals surface area contributed by atoms with Crippen LogP contribution in [0, 0.1) is 0 Å². The molecule has 25 heavy (non-hydrogen) atoms. The van der Waals surface area contributed by atoms with Gasteiger partial charge in [0.2, 0.25) is 5.75 Å². The summed E-state index contributed by atoms with van der Waals surface area (Å²) in [7, 11) is 4.70. The Morgan fingerprint density at radius 2 is 1.56 bits per heavy atom. The summed E-state index contributed by atoms with van der Waals surface area (Å²) in [4.78, 5) is 4.25. The van der Waals surface area contributed by atoms with Gasteiger partial charge in [-0.3, -0.25) is 0 Å². The Morgan fingerprint density at radius 3 is 2.12 bits per heavy atom. The van der Waals surface area contributed by atoms with Gasteiger partial charge in [0.25, 0.3) is 6.01 Å². The van der Waals surface area contributed by atoms with Crippen LogP contribution in [-0.4, -0.2) is 26.3 Å². The molecule has 0 fully saturated rings. The van der Waals surface area contributed by atoms with Crippen molar-refractivity contribution in [1.29, 1.82) is 0 Å². The number of nitrogens with one attached hydrogen (secondary N) is 1. The number of nitrogens with zero attached hydrogens (tertiary/aromatic N) is 1. The van der Waals surface area contributed by atoms with Gasteiger partial charge >= 0.3 is 0 Å². The number of methoxy groups -OCH3 is 3. The molecule has 0 unspecified atom stereocenters. The number of rotatable bonds is 6. The van der Waals surface area contributed by atoms with E-state index in [2.05, 4.69) is 10.3 Å². The van der Waals surface area contributed by atoms with E-state index in [4.69, 9.17) is 18.6 Å². The summed E-state index contributed by atoms with van der Waals surface area (Å²) in [6.45, 7) is 0. The minimum atomic E-state index is 0. The van der Waals surface area contributed by atoms with Crippen LogP contribution in [0.15, 0.2) is 53.1 Å². The molecule has 3 aromatic rings. The van der Waals surface area contributed by atoms with E-state index in [0.717, 1.165) is 5.56 Å². The fourth-order valence-corrected chi connectivity index (χ4v) is 2.34. The lowest BCUT2D eigenvalue weighted by Gasteiger charge is -2.14. The molecule has 0 aliphatic carbocycles. The maximum absolute atomic E-state index is 5.74. The van der Waals surface area contributed by atoms with E-state index in [1.165, 1.54) is 0 Å².